The molecule has 0 radical (unpaired) electrons. The van der Waals surface area contributed by atoms with E-state index in [2.05, 4.69) is 25.2 Å². The zero-order valence-electron chi connectivity index (χ0n) is 11.9. The molecule has 1 N–H and O–H groups in total. The van der Waals surface area contributed by atoms with Gasteiger partial charge in [0.25, 0.3) is 5.69 Å². The lowest BCUT2D eigenvalue weighted by molar-refractivity contribution is -0.385. The van der Waals surface area contributed by atoms with Crippen molar-refractivity contribution in [3.05, 3.63) is 69.3 Å². The first kappa shape index (κ1) is 14.1. The molecule has 2 aromatic carbocycles. The highest BCUT2D eigenvalue weighted by molar-refractivity contribution is 5.52. The number of para-hydroxylation sites is 1. The van der Waals surface area contributed by atoms with Gasteiger partial charge in [0.2, 0.25) is 0 Å². The summed E-state index contributed by atoms with van der Waals surface area (Å²) in [4.78, 5) is 10.7. The number of hydrogen-bond donors (Lipinski definition) is 1. The van der Waals surface area contributed by atoms with Gasteiger partial charge >= 0.3 is 0 Å². The molecule has 0 heterocycles. The molecular formula is C16H18N2O2. The lowest BCUT2D eigenvalue weighted by Gasteiger charge is -2.16. The first-order chi connectivity index (χ1) is 9.49. The van der Waals surface area contributed by atoms with E-state index in [4.69, 9.17) is 0 Å². The van der Waals surface area contributed by atoms with Crippen molar-refractivity contribution >= 4 is 11.4 Å². The normalized spacial score (nSPS) is 11.9. The van der Waals surface area contributed by atoms with Crippen molar-refractivity contribution in [3.8, 4) is 0 Å². The third kappa shape index (κ3) is 2.96. The molecule has 0 aliphatic heterocycles. The standard InChI is InChI=1S/C16H18N2O2/c1-11-8-9-14(10-12(11)2)17-13(3)15-6-4-5-7-16(15)18(19)20/h4-10,13,17H,1-3H3. The summed E-state index contributed by atoms with van der Waals surface area (Å²) in [5.74, 6) is 0. The molecule has 2 rings (SSSR count). The molecule has 104 valence electrons. The Kier molecular flexibility index (Phi) is 4.03. The Morgan fingerprint density at radius 2 is 1.80 bits per heavy atom. The minimum absolute atomic E-state index is 0.126. The third-order valence-electron chi connectivity index (χ3n) is 3.49. The van der Waals surface area contributed by atoms with Gasteiger partial charge in [-0.15, -0.1) is 0 Å². The monoisotopic (exact) mass is 270 g/mol. The van der Waals surface area contributed by atoms with Gasteiger partial charge in [0, 0.05) is 11.8 Å². The smallest absolute Gasteiger partial charge is 0.274 e. The summed E-state index contributed by atoms with van der Waals surface area (Å²) in [5, 5.41) is 14.4. The Hall–Kier alpha value is -2.36. The summed E-state index contributed by atoms with van der Waals surface area (Å²) in [6.45, 7) is 6.04. The molecule has 0 bridgehead atoms. The Morgan fingerprint density at radius 3 is 2.45 bits per heavy atom. The zero-order valence-corrected chi connectivity index (χ0v) is 11.9. The number of aryl methyl sites for hydroxylation is 2. The van der Waals surface area contributed by atoms with Crippen LogP contribution in [0.25, 0.3) is 0 Å². The predicted molar refractivity (Wildman–Crippen MR) is 81.1 cm³/mol. The average Bonchev–Trinajstić information content (AvgIpc) is 2.43. The number of hydrogen-bond acceptors (Lipinski definition) is 3. The molecule has 0 fully saturated rings. The molecule has 2 aromatic rings. The van der Waals surface area contributed by atoms with Crippen molar-refractivity contribution in [3.63, 3.8) is 0 Å². The second-order valence-corrected chi connectivity index (χ2v) is 4.98. The van der Waals surface area contributed by atoms with Crippen molar-refractivity contribution in [2.24, 2.45) is 0 Å². The molecule has 4 heteroatoms. The second kappa shape index (κ2) is 5.74. The van der Waals surface area contributed by atoms with Crippen LogP contribution in [0, 0.1) is 24.0 Å². The van der Waals surface area contributed by atoms with E-state index in [1.54, 1.807) is 12.1 Å². The first-order valence-corrected chi connectivity index (χ1v) is 6.56. The van der Waals surface area contributed by atoms with Gasteiger partial charge < -0.3 is 5.32 Å². The SMILES string of the molecule is Cc1ccc(NC(C)c2ccccc2[N+](=O)[O-])cc1C. The van der Waals surface area contributed by atoms with Crippen molar-refractivity contribution in [2.45, 2.75) is 26.8 Å². The van der Waals surface area contributed by atoms with Gasteiger partial charge in [-0.2, -0.15) is 0 Å². The summed E-state index contributed by atoms with van der Waals surface area (Å²) >= 11 is 0. The van der Waals surface area contributed by atoms with E-state index >= 15 is 0 Å². The number of anilines is 1. The van der Waals surface area contributed by atoms with E-state index in [-0.39, 0.29) is 16.7 Å². The molecule has 0 spiro atoms. The fourth-order valence-corrected chi connectivity index (χ4v) is 2.18. The van der Waals surface area contributed by atoms with Crippen LogP contribution in [-0.2, 0) is 0 Å². The van der Waals surface area contributed by atoms with Crippen molar-refractivity contribution in [1.82, 2.24) is 0 Å². The lowest BCUT2D eigenvalue weighted by atomic mass is 10.0. The molecule has 0 aromatic heterocycles. The van der Waals surface area contributed by atoms with Crippen LogP contribution >= 0.6 is 0 Å². The number of nitrogens with zero attached hydrogens (tertiary/aromatic N) is 1. The number of nitro benzene ring substituents is 1. The highest BCUT2D eigenvalue weighted by Gasteiger charge is 2.17. The number of benzene rings is 2. The van der Waals surface area contributed by atoms with Crippen molar-refractivity contribution in [1.29, 1.82) is 0 Å². The third-order valence-corrected chi connectivity index (χ3v) is 3.49. The largest absolute Gasteiger partial charge is 0.378 e. The van der Waals surface area contributed by atoms with Gasteiger partial charge in [0.1, 0.15) is 0 Å². The topological polar surface area (TPSA) is 55.2 Å². The maximum absolute atomic E-state index is 11.1. The predicted octanol–water partition coefficient (Wildman–Crippen LogP) is 4.38. The molecule has 0 saturated carbocycles. The second-order valence-electron chi connectivity index (χ2n) is 4.98. The molecule has 0 aliphatic carbocycles. The molecule has 4 nitrogen and oxygen atoms in total. The minimum atomic E-state index is -0.339. The number of rotatable bonds is 4. The zero-order chi connectivity index (χ0) is 14.7. The summed E-state index contributed by atoms with van der Waals surface area (Å²) in [6.07, 6.45) is 0. The van der Waals surface area contributed by atoms with E-state index in [0.717, 1.165) is 5.69 Å². The van der Waals surface area contributed by atoms with Crippen molar-refractivity contribution in [2.75, 3.05) is 5.32 Å². The Morgan fingerprint density at radius 1 is 1.10 bits per heavy atom. The number of nitro groups is 1. The van der Waals surface area contributed by atoms with Crippen molar-refractivity contribution < 1.29 is 4.92 Å². The van der Waals surface area contributed by atoms with Gasteiger partial charge in [0.05, 0.1) is 16.5 Å². The van der Waals surface area contributed by atoms with Crippen LogP contribution in [0.4, 0.5) is 11.4 Å². The maximum atomic E-state index is 11.1. The van der Waals surface area contributed by atoms with E-state index in [1.165, 1.54) is 17.2 Å². The highest BCUT2D eigenvalue weighted by atomic mass is 16.6. The molecule has 0 saturated heterocycles. The molecule has 0 amide bonds. The fraction of sp³-hybridized carbons (Fsp3) is 0.250. The van der Waals surface area contributed by atoms with Crippen LogP contribution in [0.2, 0.25) is 0 Å². The van der Waals surface area contributed by atoms with E-state index in [0.29, 0.717) is 5.56 Å². The minimum Gasteiger partial charge on any atom is -0.378 e. The quantitative estimate of drug-likeness (QED) is 0.662. The van der Waals surface area contributed by atoms with Crippen LogP contribution in [0.3, 0.4) is 0 Å². The summed E-state index contributed by atoms with van der Waals surface area (Å²) in [5.41, 5.74) is 4.24. The molecule has 1 unspecified atom stereocenters. The summed E-state index contributed by atoms with van der Waals surface area (Å²) in [7, 11) is 0. The lowest BCUT2D eigenvalue weighted by Crippen LogP contribution is -2.09. The van der Waals surface area contributed by atoms with Crippen LogP contribution in [0.5, 0.6) is 0 Å². The number of nitrogens with one attached hydrogen (secondary N) is 1. The van der Waals surface area contributed by atoms with E-state index in [1.807, 2.05) is 25.1 Å². The van der Waals surface area contributed by atoms with Gasteiger partial charge in [-0.1, -0.05) is 24.3 Å². The van der Waals surface area contributed by atoms with Crippen LogP contribution in [-0.4, -0.2) is 4.92 Å². The maximum Gasteiger partial charge on any atom is 0.274 e. The van der Waals surface area contributed by atoms with E-state index in [9.17, 15) is 10.1 Å². The molecular weight excluding hydrogens is 252 g/mol. The van der Waals surface area contributed by atoms with Crippen LogP contribution in [0.1, 0.15) is 29.7 Å². The molecule has 1 atom stereocenters. The molecule has 0 aliphatic rings. The summed E-state index contributed by atoms with van der Waals surface area (Å²) in [6, 6.07) is 12.8. The Labute approximate surface area is 118 Å². The summed E-state index contributed by atoms with van der Waals surface area (Å²) < 4.78 is 0. The van der Waals surface area contributed by atoms with Crippen LogP contribution in [0.15, 0.2) is 42.5 Å². The van der Waals surface area contributed by atoms with Crippen LogP contribution < -0.4 is 5.32 Å². The van der Waals surface area contributed by atoms with E-state index < -0.39 is 0 Å². The fourth-order valence-electron chi connectivity index (χ4n) is 2.18. The Bertz CT molecular complexity index is 638. The molecule has 20 heavy (non-hydrogen) atoms. The van der Waals surface area contributed by atoms with Gasteiger partial charge in [-0.05, 0) is 44.0 Å². The highest BCUT2D eigenvalue weighted by Crippen LogP contribution is 2.27. The van der Waals surface area contributed by atoms with Gasteiger partial charge in [-0.25, -0.2) is 0 Å². The Balaban J connectivity index is 2.26. The average molecular weight is 270 g/mol. The van der Waals surface area contributed by atoms with Gasteiger partial charge in [-0.3, -0.25) is 10.1 Å². The first-order valence-electron chi connectivity index (χ1n) is 6.56. The van der Waals surface area contributed by atoms with Gasteiger partial charge in [0.15, 0.2) is 0 Å².